The number of hydrogen-bond donors (Lipinski definition) is 2. The van der Waals surface area contributed by atoms with Gasteiger partial charge in [-0.2, -0.15) is 10.6 Å². The molecule has 20 heavy (non-hydrogen) atoms. The highest BCUT2D eigenvalue weighted by Crippen LogP contribution is 2.40. The monoisotopic (exact) mass is 377 g/mol. The standard InChI is InChI=1S/C12H16BrN3O2S2/c1-8-14-10(9-6-11(13)19-12(9)15-8)7-16-2-4-20(17,18)5-3-16/h6,17-18H,2-5,7H2,1H3. The molecule has 3 rings (SSSR count). The average molecular weight is 378 g/mol. The molecule has 2 aromatic heterocycles. The number of aromatic nitrogens is 2. The summed E-state index contributed by atoms with van der Waals surface area (Å²) in [7, 11) is -2.33. The topological polar surface area (TPSA) is 69.5 Å². The van der Waals surface area contributed by atoms with Crippen LogP contribution in [0.25, 0.3) is 10.2 Å². The zero-order chi connectivity index (χ0) is 14.3. The van der Waals surface area contributed by atoms with Crippen LogP contribution in [-0.2, 0) is 6.54 Å². The maximum absolute atomic E-state index is 9.66. The van der Waals surface area contributed by atoms with Crippen molar-refractivity contribution in [2.75, 3.05) is 24.6 Å². The van der Waals surface area contributed by atoms with Crippen LogP contribution < -0.4 is 0 Å². The molecule has 1 aliphatic heterocycles. The van der Waals surface area contributed by atoms with E-state index >= 15 is 0 Å². The predicted octanol–water partition coefficient (Wildman–Crippen LogP) is 3.33. The van der Waals surface area contributed by atoms with Crippen molar-refractivity contribution in [1.29, 1.82) is 0 Å². The largest absolute Gasteiger partial charge is 0.299 e. The predicted molar refractivity (Wildman–Crippen MR) is 87.7 cm³/mol. The molecule has 3 heterocycles. The average Bonchev–Trinajstić information content (AvgIpc) is 2.72. The minimum atomic E-state index is -2.33. The van der Waals surface area contributed by atoms with E-state index in [1.165, 1.54) is 0 Å². The fourth-order valence-corrected chi connectivity index (χ4v) is 5.14. The lowest BCUT2D eigenvalue weighted by molar-refractivity contribution is 0.276. The molecule has 2 aromatic rings. The highest BCUT2D eigenvalue weighted by molar-refractivity contribution is 9.11. The van der Waals surface area contributed by atoms with Gasteiger partial charge >= 0.3 is 0 Å². The molecule has 0 radical (unpaired) electrons. The Bertz CT molecular complexity index is 637. The van der Waals surface area contributed by atoms with Crippen LogP contribution in [-0.4, -0.2) is 48.6 Å². The van der Waals surface area contributed by atoms with Gasteiger partial charge in [0.05, 0.1) is 21.0 Å². The van der Waals surface area contributed by atoms with Crippen LogP contribution in [0.15, 0.2) is 9.85 Å². The highest BCUT2D eigenvalue weighted by atomic mass is 79.9. The van der Waals surface area contributed by atoms with Gasteiger partial charge in [-0.05, 0) is 28.9 Å². The van der Waals surface area contributed by atoms with E-state index in [4.69, 9.17) is 0 Å². The summed E-state index contributed by atoms with van der Waals surface area (Å²) < 4.78 is 20.4. The molecular weight excluding hydrogens is 362 g/mol. The first-order chi connectivity index (χ1) is 9.43. The molecule has 1 aliphatic rings. The summed E-state index contributed by atoms with van der Waals surface area (Å²) in [6.45, 7) is 4.05. The lowest BCUT2D eigenvalue weighted by Gasteiger charge is -2.40. The Morgan fingerprint density at radius 3 is 2.75 bits per heavy atom. The van der Waals surface area contributed by atoms with E-state index in [2.05, 4.69) is 36.9 Å². The Hall–Kier alpha value is -0.250. The van der Waals surface area contributed by atoms with Gasteiger partial charge in [0.1, 0.15) is 10.7 Å². The second-order valence-electron chi connectivity index (χ2n) is 4.97. The first-order valence-corrected chi connectivity index (χ1v) is 9.81. The minimum absolute atomic E-state index is 0.466. The van der Waals surface area contributed by atoms with E-state index in [0.29, 0.717) is 24.6 Å². The van der Waals surface area contributed by atoms with Crippen molar-refractivity contribution in [2.24, 2.45) is 0 Å². The van der Waals surface area contributed by atoms with Crippen LogP contribution in [0, 0.1) is 6.92 Å². The van der Waals surface area contributed by atoms with Gasteiger partial charge in [0.15, 0.2) is 0 Å². The lowest BCUT2D eigenvalue weighted by Crippen LogP contribution is -2.38. The summed E-state index contributed by atoms with van der Waals surface area (Å²) in [4.78, 5) is 12.2. The van der Waals surface area contributed by atoms with E-state index in [-0.39, 0.29) is 0 Å². The molecule has 0 aromatic carbocycles. The molecule has 110 valence electrons. The number of aryl methyl sites for hydroxylation is 1. The second kappa shape index (κ2) is 5.51. The molecule has 0 unspecified atom stereocenters. The zero-order valence-electron chi connectivity index (χ0n) is 11.0. The Balaban J connectivity index is 1.84. The van der Waals surface area contributed by atoms with Crippen molar-refractivity contribution in [3.8, 4) is 0 Å². The van der Waals surface area contributed by atoms with Crippen LogP contribution in [0.1, 0.15) is 11.5 Å². The fraction of sp³-hybridized carbons (Fsp3) is 0.500. The number of rotatable bonds is 2. The summed E-state index contributed by atoms with van der Waals surface area (Å²) in [6, 6.07) is 2.06. The van der Waals surface area contributed by atoms with Crippen molar-refractivity contribution in [2.45, 2.75) is 13.5 Å². The Morgan fingerprint density at radius 2 is 2.05 bits per heavy atom. The second-order valence-corrected chi connectivity index (χ2v) is 9.80. The van der Waals surface area contributed by atoms with Gasteiger partial charge in [0.2, 0.25) is 0 Å². The molecule has 1 saturated heterocycles. The van der Waals surface area contributed by atoms with E-state index in [9.17, 15) is 9.11 Å². The van der Waals surface area contributed by atoms with Crippen molar-refractivity contribution < 1.29 is 9.11 Å². The van der Waals surface area contributed by atoms with Crippen LogP contribution in [0.3, 0.4) is 0 Å². The summed E-state index contributed by atoms with van der Waals surface area (Å²) in [5.41, 5.74) is 1.02. The minimum Gasteiger partial charge on any atom is -0.299 e. The third-order valence-electron chi connectivity index (χ3n) is 3.40. The smallest absolute Gasteiger partial charge is 0.128 e. The molecule has 0 amide bonds. The SMILES string of the molecule is Cc1nc(CN2CCS(O)(O)CC2)c2cc(Br)sc2n1. The molecule has 8 heteroatoms. The highest BCUT2D eigenvalue weighted by Gasteiger charge is 2.23. The van der Waals surface area contributed by atoms with Crippen LogP contribution in [0.4, 0.5) is 0 Å². The van der Waals surface area contributed by atoms with E-state index < -0.39 is 10.6 Å². The van der Waals surface area contributed by atoms with E-state index in [1.54, 1.807) is 11.3 Å². The van der Waals surface area contributed by atoms with E-state index in [0.717, 1.165) is 32.1 Å². The maximum Gasteiger partial charge on any atom is 0.128 e. The molecule has 1 fully saturated rings. The van der Waals surface area contributed by atoms with Crippen molar-refractivity contribution in [1.82, 2.24) is 14.9 Å². The van der Waals surface area contributed by atoms with Gasteiger partial charge in [0.25, 0.3) is 0 Å². The Kier molecular flexibility index (Phi) is 4.04. The third kappa shape index (κ3) is 3.15. The first-order valence-electron chi connectivity index (χ1n) is 6.31. The molecule has 2 N–H and O–H groups in total. The summed E-state index contributed by atoms with van der Waals surface area (Å²) in [5, 5.41) is 1.09. The van der Waals surface area contributed by atoms with Crippen LogP contribution in [0.2, 0.25) is 0 Å². The summed E-state index contributed by atoms with van der Waals surface area (Å²) in [5.74, 6) is 1.71. The van der Waals surface area contributed by atoms with Gasteiger partial charge in [-0.3, -0.25) is 14.0 Å². The summed E-state index contributed by atoms with van der Waals surface area (Å²) in [6.07, 6.45) is 0. The molecule has 0 bridgehead atoms. The van der Waals surface area contributed by atoms with Gasteiger partial charge in [-0.15, -0.1) is 11.3 Å². The number of halogens is 1. The van der Waals surface area contributed by atoms with Gasteiger partial charge in [-0.25, -0.2) is 9.97 Å². The van der Waals surface area contributed by atoms with Gasteiger partial charge < -0.3 is 0 Å². The number of fused-ring (bicyclic) bond motifs is 1. The quantitative estimate of drug-likeness (QED) is 0.839. The zero-order valence-corrected chi connectivity index (χ0v) is 14.3. The normalized spacial score (nSPS) is 21.2. The maximum atomic E-state index is 9.66. The molecule has 5 nitrogen and oxygen atoms in total. The molecular formula is C12H16BrN3O2S2. The Morgan fingerprint density at radius 1 is 1.35 bits per heavy atom. The molecule has 0 saturated carbocycles. The summed E-state index contributed by atoms with van der Waals surface area (Å²) >= 11 is 5.11. The van der Waals surface area contributed by atoms with Crippen molar-refractivity contribution in [3.05, 3.63) is 21.4 Å². The molecule has 0 spiro atoms. The van der Waals surface area contributed by atoms with E-state index in [1.807, 2.05) is 6.92 Å². The Labute approximate surface area is 131 Å². The first kappa shape index (κ1) is 14.7. The van der Waals surface area contributed by atoms with Crippen molar-refractivity contribution >= 4 is 48.1 Å². The fourth-order valence-electron chi connectivity index (χ4n) is 2.32. The molecule has 0 aliphatic carbocycles. The number of thiophene rings is 1. The number of hydrogen-bond acceptors (Lipinski definition) is 6. The third-order valence-corrected chi connectivity index (χ3v) is 6.60. The van der Waals surface area contributed by atoms with Crippen molar-refractivity contribution in [3.63, 3.8) is 0 Å². The van der Waals surface area contributed by atoms with Gasteiger partial charge in [-0.1, -0.05) is 0 Å². The van der Waals surface area contributed by atoms with Gasteiger partial charge in [0, 0.05) is 25.0 Å². The lowest BCUT2D eigenvalue weighted by atomic mass is 10.2. The van der Waals surface area contributed by atoms with Crippen LogP contribution >= 0.6 is 37.9 Å². The molecule has 0 atom stereocenters. The van der Waals surface area contributed by atoms with Crippen LogP contribution in [0.5, 0.6) is 0 Å². The number of nitrogens with zero attached hydrogens (tertiary/aromatic N) is 3.